The zero-order valence-corrected chi connectivity index (χ0v) is 18.1. The van der Waals surface area contributed by atoms with Gasteiger partial charge in [-0.3, -0.25) is 14.4 Å². The molecule has 3 amide bonds. The minimum absolute atomic E-state index is 0.163. The summed E-state index contributed by atoms with van der Waals surface area (Å²) in [5.74, 6) is -3.31. The minimum Gasteiger partial charge on any atom is -0.480 e. The molecule has 1 aromatic rings. The Bertz CT molecular complexity index is 758. The summed E-state index contributed by atoms with van der Waals surface area (Å²) < 4.78 is 0. The largest absolute Gasteiger partial charge is 0.480 e. The van der Waals surface area contributed by atoms with Crippen molar-refractivity contribution in [2.24, 2.45) is 11.5 Å². The average Bonchev–Trinajstić information content (AvgIpc) is 2.76. The predicted octanol–water partition coefficient (Wildman–Crippen LogP) is -1.76. The van der Waals surface area contributed by atoms with Crippen LogP contribution in [0.5, 0.6) is 0 Å². The van der Waals surface area contributed by atoms with Crippen molar-refractivity contribution in [2.45, 2.75) is 56.8 Å². The van der Waals surface area contributed by atoms with E-state index in [1.807, 2.05) is 6.07 Å². The van der Waals surface area contributed by atoms with Crippen molar-refractivity contribution >= 4 is 23.7 Å². The molecule has 9 N–H and O–H groups in total. The smallest absolute Gasteiger partial charge is 0.328 e. The maximum Gasteiger partial charge on any atom is 0.328 e. The fraction of sp³-hybridized carbons (Fsp3) is 0.524. The van der Waals surface area contributed by atoms with Gasteiger partial charge in [0.1, 0.15) is 18.1 Å². The van der Waals surface area contributed by atoms with Crippen molar-refractivity contribution in [3.63, 3.8) is 0 Å². The van der Waals surface area contributed by atoms with E-state index in [-0.39, 0.29) is 12.8 Å². The Morgan fingerprint density at radius 3 is 2.00 bits per heavy atom. The van der Waals surface area contributed by atoms with Crippen molar-refractivity contribution in [1.29, 1.82) is 0 Å². The maximum absolute atomic E-state index is 13.0. The third kappa shape index (κ3) is 9.41. The van der Waals surface area contributed by atoms with E-state index in [2.05, 4.69) is 16.0 Å². The van der Waals surface area contributed by atoms with Gasteiger partial charge in [0.2, 0.25) is 17.7 Å². The molecule has 0 aliphatic rings. The summed E-state index contributed by atoms with van der Waals surface area (Å²) in [6.07, 6.45) is 1.46. The van der Waals surface area contributed by atoms with E-state index in [0.29, 0.717) is 19.4 Å². The monoisotopic (exact) mass is 451 g/mol. The fourth-order valence-electron chi connectivity index (χ4n) is 2.85. The van der Waals surface area contributed by atoms with Crippen LogP contribution in [0.1, 0.15) is 31.7 Å². The molecule has 0 aliphatic heterocycles. The normalized spacial score (nSPS) is 14.5. The van der Waals surface area contributed by atoms with Gasteiger partial charge >= 0.3 is 5.97 Å². The number of rotatable bonds is 14. The first-order valence-corrected chi connectivity index (χ1v) is 10.4. The molecule has 1 rings (SSSR count). The number of nitrogens with two attached hydrogens (primary N) is 2. The van der Waals surface area contributed by atoms with Crippen LogP contribution in [0.15, 0.2) is 30.3 Å². The Morgan fingerprint density at radius 1 is 0.906 bits per heavy atom. The molecule has 0 bridgehead atoms. The third-order valence-electron chi connectivity index (χ3n) is 4.71. The Labute approximate surface area is 186 Å². The van der Waals surface area contributed by atoms with Gasteiger partial charge in [-0.25, -0.2) is 4.79 Å². The molecule has 4 atom stereocenters. The summed E-state index contributed by atoms with van der Waals surface area (Å²) in [7, 11) is 0. The molecular formula is C21H33N5O6. The van der Waals surface area contributed by atoms with E-state index >= 15 is 0 Å². The summed E-state index contributed by atoms with van der Waals surface area (Å²) in [5.41, 5.74) is 11.9. The van der Waals surface area contributed by atoms with E-state index in [4.69, 9.17) is 21.7 Å². The first-order chi connectivity index (χ1) is 15.2. The summed E-state index contributed by atoms with van der Waals surface area (Å²) in [5, 5.41) is 25.6. The maximum atomic E-state index is 13.0. The van der Waals surface area contributed by atoms with Gasteiger partial charge in [-0.1, -0.05) is 30.3 Å². The van der Waals surface area contributed by atoms with Gasteiger partial charge in [0, 0.05) is 6.42 Å². The Morgan fingerprint density at radius 2 is 1.47 bits per heavy atom. The number of carboxylic acid groups (broad SMARTS) is 1. The van der Waals surface area contributed by atoms with E-state index in [1.54, 1.807) is 24.3 Å². The fourth-order valence-corrected chi connectivity index (χ4v) is 2.85. The molecule has 0 saturated carbocycles. The number of aliphatic carboxylic acids is 1. The van der Waals surface area contributed by atoms with Gasteiger partial charge in [-0.15, -0.1) is 0 Å². The predicted molar refractivity (Wildman–Crippen MR) is 117 cm³/mol. The first kappa shape index (κ1) is 27.0. The number of aliphatic hydroxyl groups excluding tert-OH is 1. The van der Waals surface area contributed by atoms with Gasteiger partial charge < -0.3 is 37.6 Å². The van der Waals surface area contributed by atoms with E-state index in [0.717, 1.165) is 5.56 Å². The highest BCUT2D eigenvalue weighted by Gasteiger charge is 2.29. The molecule has 0 aromatic heterocycles. The molecule has 0 spiro atoms. The molecule has 4 unspecified atom stereocenters. The van der Waals surface area contributed by atoms with Crippen LogP contribution in [-0.4, -0.2) is 71.2 Å². The number of carbonyl (C=O) groups excluding carboxylic acids is 3. The lowest BCUT2D eigenvalue weighted by molar-refractivity contribution is -0.143. The summed E-state index contributed by atoms with van der Waals surface area (Å²) in [4.78, 5) is 48.9. The molecule has 11 nitrogen and oxygen atoms in total. The lowest BCUT2D eigenvalue weighted by Gasteiger charge is -2.25. The van der Waals surface area contributed by atoms with Crippen LogP contribution in [0.4, 0.5) is 0 Å². The number of aliphatic hydroxyl groups is 1. The number of hydrogen-bond acceptors (Lipinski definition) is 7. The SMILES string of the molecule is CC(N)C(=O)NC(Cc1ccccc1)C(=O)NC(CCCCN)C(=O)NC(CO)C(=O)O. The van der Waals surface area contributed by atoms with Crippen molar-refractivity contribution < 1.29 is 29.4 Å². The molecule has 178 valence electrons. The summed E-state index contributed by atoms with van der Waals surface area (Å²) >= 11 is 0. The van der Waals surface area contributed by atoms with Crippen LogP contribution in [0.3, 0.4) is 0 Å². The van der Waals surface area contributed by atoms with E-state index < -0.39 is 54.5 Å². The highest BCUT2D eigenvalue weighted by Crippen LogP contribution is 2.07. The van der Waals surface area contributed by atoms with Crippen molar-refractivity contribution in [2.75, 3.05) is 13.2 Å². The Hall–Kier alpha value is -3.02. The summed E-state index contributed by atoms with van der Waals surface area (Å²) in [6.45, 7) is 1.07. The van der Waals surface area contributed by atoms with Gasteiger partial charge in [0.25, 0.3) is 0 Å². The van der Waals surface area contributed by atoms with E-state index in [9.17, 15) is 19.2 Å². The number of amides is 3. The Kier molecular flexibility index (Phi) is 11.9. The standard InChI is InChI=1S/C21H33N5O6/c1-13(23)18(28)25-16(11-14-7-3-2-4-8-14)20(30)24-15(9-5-6-10-22)19(29)26-17(12-27)21(31)32/h2-4,7-8,13,15-17,27H,5-6,9-12,22-23H2,1H3,(H,24,30)(H,25,28)(H,26,29)(H,31,32). The van der Waals surface area contributed by atoms with Crippen molar-refractivity contribution in [3.8, 4) is 0 Å². The average molecular weight is 452 g/mol. The molecule has 0 heterocycles. The second-order valence-electron chi connectivity index (χ2n) is 7.47. The number of carbonyl (C=O) groups is 4. The van der Waals surface area contributed by atoms with Gasteiger partial charge in [-0.2, -0.15) is 0 Å². The second kappa shape index (κ2) is 14.1. The van der Waals surface area contributed by atoms with Gasteiger partial charge in [-0.05, 0) is 38.3 Å². The second-order valence-corrected chi connectivity index (χ2v) is 7.47. The number of hydrogen-bond donors (Lipinski definition) is 7. The molecule has 0 fully saturated rings. The zero-order valence-electron chi connectivity index (χ0n) is 18.1. The van der Waals surface area contributed by atoms with Crippen molar-refractivity contribution in [3.05, 3.63) is 35.9 Å². The highest BCUT2D eigenvalue weighted by atomic mass is 16.4. The molecule has 1 aromatic carbocycles. The number of carboxylic acids is 1. The molecular weight excluding hydrogens is 418 g/mol. The molecule has 0 radical (unpaired) electrons. The quantitative estimate of drug-likeness (QED) is 0.161. The number of nitrogens with one attached hydrogen (secondary N) is 3. The first-order valence-electron chi connectivity index (χ1n) is 10.4. The van der Waals surface area contributed by atoms with Gasteiger partial charge in [0.05, 0.1) is 12.6 Å². The van der Waals surface area contributed by atoms with Crippen LogP contribution in [0.2, 0.25) is 0 Å². The molecule has 0 aliphatic carbocycles. The third-order valence-corrected chi connectivity index (χ3v) is 4.71. The van der Waals surface area contributed by atoms with Crippen LogP contribution in [0.25, 0.3) is 0 Å². The van der Waals surface area contributed by atoms with Crippen LogP contribution < -0.4 is 27.4 Å². The Balaban J connectivity index is 3.01. The lowest BCUT2D eigenvalue weighted by atomic mass is 10.0. The van der Waals surface area contributed by atoms with Crippen LogP contribution in [0, 0.1) is 0 Å². The topological polar surface area (TPSA) is 197 Å². The number of unbranched alkanes of at least 4 members (excludes halogenated alkanes) is 1. The van der Waals surface area contributed by atoms with Crippen LogP contribution >= 0.6 is 0 Å². The molecule has 0 saturated heterocycles. The zero-order chi connectivity index (χ0) is 24.1. The molecule has 32 heavy (non-hydrogen) atoms. The van der Waals surface area contributed by atoms with E-state index in [1.165, 1.54) is 6.92 Å². The van der Waals surface area contributed by atoms with Crippen molar-refractivity contribution in [1.82, 2.24) is 16.0 Å². The molecule has 11 heteroatoms. The lowest BCUT2D eigenvalue weighted by Crippen LogP contribution is -2.57. The minimum atomic E-state index is -1.51. The van der Waals surface area contributed by atoms with Gasteiger partial charge in [0.15, 0.2) is 0 Å². The van der Waals surface area contributed by atoms with Crippen LogP contribution in [-0.2, 0) is 25.6 Å². The number of benzene rings is 1. The summed E-state index contributed by atoms with van der Waals surface area (Å²) in [6, 6.07) is 4.56. The highest BCUT2D eigenvalue weighted by molar-refractivity contribution is 5.94.